The minimum atomic E-state index is -1.71. The van der Waals surface area contributed by atoms with Gasteiger partial charge in [-0.2, -0.15) is 5.26 Å². The lowest BCUT2D eigenvalue weighted by Gasteiger charge is -2.12. The van der Waals surface area contributed by atoms with Crippen LogP contribution in [0.15, 0.2) is 18.2 Å². The van der Waals surface area contributed by atoms with Gasteiger partial charge in [-0.25, -0.2) is 0 Å². The highest BCUT2D eigenvalue weighted by Gasteiger charge is 2.21. The average molecular weight is 236 g/mol. The third-order valence-electron chi connectivity index (χ3n) is 2.08. The summed E-state index contributed by atoms with van der Waals surface area (Å²) in [5, 5.41) is 37.6. The van der Waals surface area contributed by atoms with Crippen LogP contribution in [0.2, 0.25) is 0 Å². The van der Waals surface area contributed by atoms with Crippen LogP contribution in [0.5, 0.6) is 0 Å². The molecule has 1 rings (SSSR count). The van der Waals surface area contributed by atoms with E-state index >= 15 is 0 Å². The van der Waals surface area contributed by atoms with Crippen LogP contribution in [-0.4, -0.2) is 27.5 Å². The summed E-state index contributed by atoms with van der Waals surface area (Å²) in [6.07, 6.45) is -2.93. The predicted octanol–water partition coefficient (Wildman–Crippen LogP) is 0.325. The highest BCUT2D eigenvalue weighted by molar-refractivity contribution is 5.76. The van der Waals surface area contributed by atoms with E-state index in [9.17, 15) is 20.0 Å². The average Bonchev–Trinajstić information content (AvgIpc) is 2.36. The first-order valence-corrected chi connectivity index (χ1v) is 4.50. The molecule has 88 valence electrons. The summed E-state index contributed by atoms with van der Waals surface area (Å²) < 4.78 is 0. The van der Waals surface area contributed by atoms with E-state index in [4.69, 9.17) is 10.4 Å². The number of carbonyl (C=O) groups is 1. The van der Waals surface area contributed by atoms with Crippen molar-refractivity contribution in [2.45, 2.75) is 12.2 Å². The van der Waals surface area contributed by atoms with Crippen LogP contribution in [0.25, 0.3) is 0 Å². The second-order valence-electron chi connectivity index (χ2n) is 3.25. The molecule has 0 saturated carbocycles. The van der Waals surface area contributed by atoms with Crippen LogP contribution >= 0.6 is 0 Å². The summed E-state index contributed by atoms with van der Waals surface area (Å²) in [6, 6.07) is 4.60. The quantitative estimate of drug-likeness (QED) is 0.336. The molecule has 0 fully saturated rings. The first kappa shape index (κ1) is 12.8. The number of nitriles is 1. The van der Waals surface area contributed by atoms with Crippen molar-refractivity contribution in [1.82, 2.24) is 0 Å². The zero-order valence-electron chi connectivity index (χ0n) is 8.48. The number of rotatable bonds is 4. The Kier molecular flexibility index (Phi) is 3.87. The number of aldehydes is 1. The number of benzene rings is 1. The lowest BCUT2D eigenvalue weighted by molar-refractivity contribution is -0.385. The number of aliphatic hydroxyl groups excluding tert-OH is 2. The van der Waals surface area contributed by atoms with E-state index in [2.05, 4.69) is 0 Å². The number of hydrogen-bond donors (Lipinski definition) is 2. The molecule has 7 heteroatoms. The Morgan fingerprint density at radius 1 is 1.41 bits per heavy atom. The van der Waals surface area contributed by atoms with Crippen molar-refractivity contribution in [2.24, 2.45) is 0 Å². The molecule has 0 radical (unpaired) electrons. The molecule has 2 N–H and O–H groups in total. The molecule has 7 nitrogen and oxygen atoms in total. The van der Waals surface area contributed by atoms with Gasteiger partial charge in [-0.05, 0) is 11.6 Å². The first-order valence-electron chi connectivity index (χ1n) is 4.50. The van der Waals surface area contributed by atoms with E-state index in [1.165, 1.54) is 12.1 Å². The molecule has 1 aromatic rings. The molecule has 1 aromatic carbocycles. The second-order valence-corrected chi connectivity index (χ2v) is 3.25. The van der Waals surface area contributed by atoms with E-state index in [-0.39, 0.29) is 11.1 Å². The fraction of sp³-hybridized carbons (Fsp3) is 0.200. The van der Waals surface area contributed by atoms with Crippen molar-refractivity contribution >= 4 is 12.0 Å². The van der Waals surface area contributed by atoms with Crippen molar-refractivity contribution in [2.75, 3.05) is 0 Å². The molecule has 17 heavy (non-hydrogen) atoms. The number of non-ortho nitro benzene ring substituents is 1. The lowest BCUT2D eigenvalue weighted by atomic mass is 10.0. The fourth-order valence-electron chi connectivity index (χ4n) is 1.26. The summed E-state index contributed by atoms with van der Waals surface area (Å²) in [5.41, 5.74) is -0.470. The maximum Gasteiger partial charge on any atom is 0.270 e. The second kappa shape index (κ2) is 5.16. The first-order chi connectivity index (χ1) is 7.99. The normalized spacial score (nSPS) is 13.5. The molecule has 0 saturated heterocycles. The molecule has 2 atom stereocenters. The van der Waals surface area contributed by atoms with Crippen LogP contribution in [0.4, 0.5) is 5.69 Å². The third kappa shape index (κ3) is 2.84. The van der Waals surface area contributed by atoms with Crippen LogP contribution in [0.3, 0.4) is 0 Å². The molecule has 2 unspecified atom stereocenters. The van der Waals surface area contributed by atoms with Gasteiger partial charge >= 0.3 is 0 Å². The predicted molar refractivity (Wildman–Crippen MR) is 55.1 cm³/mol. The third-order valence-corrected chi connectivity index (χ3v) is 2.08. The molecule has 0 aliphatic heterocycles. The van der Waals surface area contributed by atoms with Crippen molar-refractivity contribution in [3.63, 3.8) is 0 Å². The fourth-order valence-corrected chi connectivity index (χ4v) is 1.26. The van der Waals surface area contributed by atoms with E-state index in [1.54, 1.807) is 0 Å². The van der Waals surface area contributed by atoms with Crippen molar-refractivity contribution in [1.29, 1.82) is 5.26 Å². The van der Waals surface area contributed by atoms with Gasteiger partial charge in [0.15, 0.2) is 6.10 Å². The van der Waals surface area contributed by atoms with Gasteiger partial charge in [0.05, 0.1) is 11.0 Å². The minimum absolute atomic E-state index is 0.0154. The van der Waals surface area contributed by atoms with E-state index in [0.717, 1.165) is 12.1 Å². The summed E-state index contributed by atoms with van der Waals surface area (Å²) >= 11 is 0. The zero-order valence-corrected chi connectivity index (χ0v) is 8.48. The summed E-state index contributed by atoms with van der Waals surface area (Å²) in [6.45, 7) is 0. The molecule has 0 spiro atoms. The van der Waals surface area contributed by atoms with Gasteiger partial charge < -0.3 is 10.2 Å². The molecular formula is C10H8N2O5. The molecule has 0 aliphatic rings. The van der Waals surface area contributed by atoms with E-state index in [1.807, 2.05) is 0 Å². The number of nitro groups is 1. The molecule has 0 bridgehead atoms. The number of nitro benzene ring substituents is 1. The van der Waals surface area contributed by atoms with Gasteiger partial charge in [-0.1, -0.05) is 0 Å². The molecule has 0 heterocycles. The maximum atomic E-state index is 10.6. The van der Waals surface area contributed by atoms with Crippen molar-refractivity contribution in [3.05, 3.63) is 39.4 Å². The number of aliphatic hydroxyl groups is 2. The molecular weight excluding hydrogens is 228 g/mol. The van der Waals surface area contributed by atoms with Crippen LogP contribution < -0.4 is 0 Å². The largest absolute Gasteiger partial charge is 0.385 e. The monoisotopic (exact) mass is 236 g/mol. The van der Waals surface area contributed by atoms with Crippen LogP contribution in [0, 0.1) is 21.4 Å². The van der Waals surface area contributed by atoms with Gasteiger partial charge in [0.1, 0.15) is 12.4 Å². The Hall–Kier alpha value is -2.30. The number of hydrogen-bond acceptors (Lipinski definition) is 6. The standard InChI is InChI=1S/C10H8N2O5/c11-4-9(14)10(15)7-1-6(5-13)2-8(3-7)12(16)17/h1-3,5,9-10,14-15H. The Morgan fingerprint density at radius 2 is 2.06 bits per heavy atom. The lowest BCUT2D eigenvalue weighted by Crippen LogP contribution is -2.16. The summed E-state index contributed by atoms with van der Waals surface area (Å²) in [4.78, 5) is 20.4. The van der Waals surface area contributed by atoms with Crippen LogP contribution in [0.1, 0.15) is 22.0 Å². The van der Waals surface area contributed by atoms with Gasteiger partial charge in [0.25, 0.3) is 5.69 Å². The SMILES string of the molecule is N#CC(O)C(O)c1cc(C=O)cc([N+](=O)[O-])c1. The number of nitrogens with zero attached hydrogens (tertiary/aromatic N) is 2. The zero-order chi connectivity index (χ0) is 13.0. The van der Waals surface area contributed by atoms with Gasteiger partial charge in [-0.3, -0.25) is 14.9 Å². The molecule has 0 amide bonds. The topological polar surface area (TPSA) is 124 Å². The minimum Gasteiger partial charge on any atom is -0.385 e. The molecule has 0 aromatic heterocycles. The smallest absolute Gasteiger partial charge is 0.270 e. The van der Waals surface area contributed by atoms with Gasteiger partial charge in [0, 0.05) is 17.7 Å². The van der Waals surface area contributed by atoms with Crippen molar-refractivity contribution < 1.29 is 19.9 Å². The summed E-state index contributed by atoms with van der Waals surface area (Å²) in [7, 11) is 0. The number of carbonyl (C=O) groups excluding carboxylic acids is 1. The Bertz CT molecular complexity index is 494. The van der Waals surface area contributed by atoms with Crippen LogP contribution in [-0.2, 0) is 0 Å². The Balaban J connectivity index is 3.25. The highest BCUT2D eigenvalue weighted by Crippen LogP contribution is 2.23. The van der Waals surface area contributed by atoms with Gasteiger partial charge in [0.2, 0.25) is 0 Å². The Morgan fingerprint density at radius 3 is 2.53 bits per heavy atom. The van der Waals surface area contributed by atoms with Crippen molar-refractivity contribution in [3.8, 4) is 6.07 Å². The van der Waals surface area contributed by atoms with E-state index < -0.39 is 22.8 Å². The maximum absolute atomic E-state index is 10.6. The Labute approximate surface area is 95.7 Å². The van der Waals surface area contributed by atoms with Gasteiger partial charge in [-0.15, -0.1) is 0 Å². The highest BCUT2D eigenvalue weighted by atomic mass is 16.6. The molecule has 0 aliphatic carbocycles. The van der Waals surface area contributed by atoms with E-state index in [0.29, 0.717) is 6.29 Å². The summed E-state index contributed by atoms with van der Waals surface area (Å²) in [5.74, 6) is 0.